The summed E-state index contributed by atoms with van der Waals surface area (Å²) in [6.45, 7) is 1.24. The molecule has 84 valence electrons. The molecule has 0 fully saturated rings. The fraction of sp³-hybridized carbons (Fsp3) is 0.444. The highest BCUT2D eigenvalue weighted by Crippen LogP contribution is 2.10. The molecule has 0 radical (unpaired) electrons. The van der Waals surface area contributed by atoms with Gasteiger partial charge in [0, 0.05) is 18.5 Å². The number of hydrogen-bond acceptors (Lipinski definition) is 3. The van der Waals surface area contributed by atoms with E-state index >= 15 is 0 Å². The second-order valence-electron chi connectivity index (χ2n) is 2.71. The quantitative estimate of drug-likeness (QED) is 0.606. The summed E-state index contributed by atoms with van der Waals surface area (Å²) < 4.78 is 30.5. The number of rotatable bonds is 6. The number of nitrogens with zero attached hydrogens (tertiary/aromatic N) is 1. The van der Waals surface area contributed by atoms with Crippen molar-refractivity contribution in [1.29, 1.82) is 0 Å². The molecule has 1 aromatic rings. The van der Waals surface area contributed by atoms with Crippen LogP contribution >= 0.6 is 11.6 Å². The van der Waals surface area contributed by atoms with Gasteiger partial charge in [0.15, 0.2) is 11.6 Å². The predicted octanol–water partition coefficient (Wildman–Crippen LogP) is 2.03. The minimum Gasteiger partial charge on any atom is -0.378 e. The van der Waals surface area contributed by atoms with Crippen molar-refractivity contribution >= 4 is 17.4 Å². The molecular weight excluding hydrogens is 226 g/mol. The molecular formula is C9H11ClF2N2O. The van der Waals surface area contributed by atoms with Gasteiger partial charge in [0.05, 0.1) is 19.4 Å². The van der Waals surface area contributed by atoms with Crippen LogP contribution in [0.3, 0.4) is 0 Å². The maximum absolute atomic E-state index is 13.0. The Morgan fingerprint density at radius 3 is 2.87 bits per heavy atom. The number of hydrogen-bond donors (Lipinski definition) is 1. The van der Waals surface area contributed by atoms with E-state index in [2.05, 4.69) is 10.3 Å². The molecule has 0 aromatic carbocycles. The molecule has 0 aliphatic heterocycles. The Kier molecular flexibility index (Phi) is 5.28. The summed E-state index contributed by atoms with van der Waals surface area (Å²) in [5.74, 6) is -0.974. The van der Waals surface area contributed by atoms with E-state index in [0.29, 0.717) is 25.6 Å². The standard InChI is InChI=1S/C9H11ClF2N2O/c10-1-3-15-4-2-13-9-8(12)5-7(11)6-14-9/h5-6H,1-4H2,(H,13,14). The first kappa shape index (κ1) is 12.1. The monoisotopic (exact) mass is 236 g/mol. The summed E-state index contributed by atoms with van der Waals surface area (Å²) in [5.41, 5.74) is 0. The largest absolute Gasteiger partial charge is 0.378 e. The van der Waals surface area contributed by atoms with Gasteiger partial charge in [0.1, 0.15) is 5.82 Å². The number of aromatic nitrogens is 1. The average Bonchev–Trinajstić information content (AvgIpc) is 2.20. The van der Waals surface area contributed by atoms with E-state index in [9.17, 15) is 8.78 Å². The van der Waals surface area contributed by atoms with Crippen LogP contribution in [0.15, 0.2) is 12.3 Å². The van der Waals surface area contributed by atoms with Crippen molar-refractivity contribution in [1.82, 2.24) is 4.98 Å². The van der Waals surface area contributed by atoms with E-state index in [-0.39, 0.29) is 5.82 Å². The average molecular weight is 237 g/mol. The zero-order valence-corrected chi connectivity index (χ0v) is 8.73. The molecule has 0 saturated carbocycles. The summed E-state index contributed by atoms with van der Waals surface area (Å²) in [5, 5.41) is 2.68. The SMILES string of the molecule is Fc1cnc(NCCOCCCl)c(F)c1. The van der Waals surface area contributed by atoms with Crippen LogP contribution in [-0.4, -0.2) is 30.6 Å². The van der Waals surface area contributed by atoms with Crippen molar-refractivity contribution in [3.05, 3.63) is 23.9 Å². The lowest BCUT2D eigenvalue weighted by atomic mass is 10.4. The Hall–Kier alpha value is -0.940. The lowest BCUT2D eigenvalue weighted by Gasteiger charge is -2.06. The third-order valence-corrected chi connectivity index (χ3v) is 1.72. The molecule has 0 saturated heterocycles. The molecule has 0 atom stereocenters. The molecule has 0 spiro atoms. The summed E-state index contributed by atoms with van der Waals surface area (Å²) in [7, 11) is 0. The second kappa shape index (κ2) is 6.53. The third kappa shape index (κ3) is 4.40. The van der Waals surface area contributed by atoms with Crippen LogP contribution in [0, 0.1) is 11.6 Å². The van der Waals surface area contributed by atoms with E-state index in [1.807, 2.05) is 0 Å². The molecule has 0 aliphatic rings. The fourth-order valence-electron chi connectivity index (χ4n) is 0.943. The van der Waals surface area contributed by atoms with Crippen LogP contribution in [0.25, 0.3) is 0 Å². The van der Waals surface area contributed by atoms with Crippen LogP contribution in [0.2, 0.25) is 0 Å². The maximum atomic E-state index is 13.0. The van der Waals surface area contributed by atoms with Gasteiger partial charge in [-0.15, -0.1) is 11.6 Å². The second-order valence-corrected chi connectivity index (χ2v) is 3.09. The van der Waals surface area contributed by atoms with Gasteiger partial charge in [-0.25, -0.2) is 13.8 Å². The van der Waals surface area contributed by atoms with Gasteiger partial charge in [-0.05, 0) is 0 Å². The molecule has 0 unspecified atom stereocenters. The van der Waals surface area contributed by atoms with Crippen molar-refractivity contribution in [3.63, 3.8) is 0 Å². The van der Waals surface area contributed by atoms with Gasteiger partial charge >= 0.3 is 0 Å². The normalized spacial score (nSPS) is 10.3. The summed E-state index contributed by atoms with van der Waals surface area (Å²) in [6.07, 6.45) is 0.949. The predicted molar refractivity (Wildman–Crippen MR) is 54.2 cm³/mol. The molecule has 15 heavy (non-hydrogen) atoms. The van der Waals surface area contributed by atoms with E-state index in [1.54, 1.807) is 0 Å². The Bertz CT molecular complexity index is 312. The Balaban J connectivity index is 2.31. The van der Waals surface area contributed by atoms with E-state index in [1.165, 1.54) is 0 Å². The van der Waals surface area contributed by atoms with E-state index < -0.39 is 11.6 Å². The molecule has 3 nitrogen and oxygen atoms in total. The Morgan fingerprint density at radius 1 is 1.40 bits per heavy atom. The van der Waals surface area contributed by atoms with Gasteiger partial charge in [0.2, 0.25) is 0 Å². The van der Waals surface area contributed by atoms with Crippen molar-refractivity contribution in [2.45, 2.75) is 0 Å². The minimum absolute atomic E-state index is 0.0193. The van der Waals surface area contributed by atoms with Gasteiger partial charge < -0.3 is 10.1 Å². The van der Waals surface area contributed by atoms with Crippen LogP contribution < -0.4 is 5.32 Å². The van der Waals surface area contributed by atoms with Crippen LogP contribution in [-0.2, 0) is 4.74 Å². The fourth-order valence-corrected chi connectivity index (χ4v) is 1.05. The van der Waals surface area contributed by atoms with Gasteiger partial charge in [0.25, 0.3) is 0 Å². The third-order valence-electron chi connectivity index (χ3n) is 1.57. The highest BCUT2D eigenvalue weighted by molar-refractivity contribution is 6.17. The van der Waals surface area contributed by atoms with Gasteiger partial charge in [-0.2, -0.15) is 0 Å². The van der Waals surface area contributed by atoms with Crippen molar-refractivity contribution in [3.8, 4) is 0 Å². The molecule has 1 heterocycles. The van der Waals surface area contributed by atoms with Crippen LogP contribution in [0.1, 0.15) is 0 Å². The lowest BCUT2D eigenvalue weighted by Crippen LogP contribution is -2.12. The highest BCUT2D eigenvalue weighted by Gasteiger charge is 2.03. The number of ether oxygens (including phenoxy) is 1. The highest BCUT2D eigenvalue weighted by atomic mass is 35.5. The van der Waals surface area contributed by atoms with Crippen molar-refractivity contribution < 1.29 is 13.5 Å². The number of nitrogens with one attached hydrogen (secondary N) is 1. The number of pyridine rings is 1. The van der Waals surface area contributed by atoms with E-state index in [4.69, 9.17) is 16.3 Å². The zero-order chi connectivity index (χ0) is 11.1. The minimum atomic E-state index is -0.715. The van der Waals surface area contributed by atoms with E-state index in [0.717, 1.165) is 12.3 Å². The topological polar surface area (TPSA) is 34.2 Å². The van der Waals surface area contributed by atoms with Gasteiger partial charge in [-0.1, -0.05) is 0 Å². The summed E-state index contributed by atoms with van der Waals surface area (Å²) in [4.78, 5) is 3.55. The Morgan fingerprint density at radius 2 is 2.20 bits per heavy atom. The lowest BCUT2D eigenvalue weighted by molar-refractivity contribution is 0.160. The summed E-state index contributed by atoms with van der Waals surface area (Å²) in [6, 6.07) is 0.773. The van der Waals surface area contributed by atoms with Crippen LogP contribution in [0.5, 0.6) is 0 Å². The van der Waals surface area contributed by atoms with Gasteiger partial charge in [-0.3, -0.25) is 0 Å². The first-order chi connectivity index (χ1) is 7.24. The maximum Gasteiger partial charge on any atom is 0.168 e. The molecule has 0 bridgehead atoms. The zero-order valence-electron chi connectivity index (χ0n) is 7.97. The Labute approximate surface area is 91.4 Å². The first-order valence-electron chi connectivity index (χ1n) is 4.42. The molecule has 1 rings (SSSR count). The molecule has 6 heteroatoms. The van der Waals surface area contributed by atoms with Crippen LogP contribution in [0.4, 0.5) is 14.6 Å². The molecule has 1 N–H and O–H groups in total. The smallest absolute Gasteiger partial charge is 0.168 e. The first-order valence-corrected chi connectivity index (χ1v) is 4.96. The van der Waals surface area contributed by atoms with Crippen molar-refractivity contribution in [2.75, 3.05) is 31.0 Å². The molecule has 0 amide bonds. The van der Waals surface area contributed by atoms with Crippen molar-refractivity contribution in [2.24, 2.45) is 0 Å². The number of halogens is 3. The molecule has 0 aliphatic carbocycles. The molecule has 1 aromatic heterocycles. The number of alkyl halides is 1. The summed E-state index contributed by atoms with van der Waals surface area (Å²) >= 11 is 5.38. The number of anilines is 1.